The number of carboxylic acids is 1. The molecular formula is C23H20ClN3O6S. The molecule has 1 amide bonds. The molecule has 0 saturated carbocycles. The minimum Gasteiger partial charge on any atom is -0.478 e. The number of hydrazone groups is 1. The first-order chi connectivity index (χ1) is 16.3. The minimum absolute atomic E-state index is 0.0691. The van der Waals surface area contributed by atoms with E-state index in [0.29, 0.717) is 34.9 Å². The van der Waals surface area contributed by atoms with E-state index < -0.39 is 27.9 Å². The second-order valence-corrected chi connectivity index (χ2v) is 9.87. The third kappa shape index (κ3) is 5.04. The quantitative estimate of drug-likeness (QED) is 0.376. The number of hydrogen-bond donors (Lipinski definition) is 2. The molecule has 1 saturated heterocycles. The molecular weight excluding hydrogens is 482 g/mol. The lowest BCUT2D eigenvalue weighted by atomic mass is 10.1. The Kier molecular flexibility index (Phi) is 6.82. The van der Waals surface area contributed by atoms with Gasteiger partial charge in [-0.1, -0.05) is 23.7 Å². The summed E-state index contributed by atoms with van der Waals surface area (Å²) in [6.07, 6.45) is 2.24. The molecule has 2 heterocycles. The van der Waals surface area contributed by atoms with E-state index in [9.17, 15) is 18.0 Å². The summed E-state index contributed by atoms with van der Waals surface area (Å²) in [6.45, 7) is 0.231. The van der Waals surface area contributed by atoms with Crippen molar-refractivity contribution in [3.8, 4) is 11.3 Å². The van der Waals surface area contributed by atoms with Gasteiger partial charge in [-0.25, -0.2) is 18.6 Å². The summed E-state index contributed by atoms with van der Waals surface area (Å²) < 4.78 is 32.8. The van der Waals surface area contributed by atoms with Crippen LogP contribution < -0.4 is 5.43 Å². The lowest BCUT2D eigenvalue weighted by molar-refractivity contribution is -0.124. The van der Waals surface area contributed by atoms with Crippen molar-refractivity contribution < 1.29 is 27.5 Å². The average molecular weight is 502 g/mol. The Hall–Kier alpha value is -3.47. The topological polar surface area (TPSA) is 129 Å². The second kappa shape index (κ2) is 9.80. The number of halogens is 1. The fourth-order valence-electron chi connectivity index (χ4n) is 3.62. The largest absolute Gasteiger partial charge is 0.478 e. The van der Waals surface area contributed by atoms with Crippen LogP contribution in [-0.2, 0) is 14.8 Å². The van der Waals surface area contributed by atoms with Crippen LogP contribution in [-0.4, -0.2) is 48.5 Å². The highest BCUT2D eigenvalue weighted by molar-refractivity contribution is 7.89. The van der Waals surface area contributed by atoms with Gasteiger partial charge in [0.25, 0.3) is 5.91 Å². The normalized spacial score (nSPS) is 16.7. The number of benzene rings is 2. The van der Waals surface area contributed by atoms with Crippen molar-refractivity contribution in [3.05, 3.63) is 77.0 Å². The number of hydrogen-bond acceptors (Lipinski definition) is 6. The SMILES string of the molecule is O=C(O)c1ccc(-c2ccc(/C=N/NC(=O)C3CCCN3S(=O)(=O)c3ccc(Cl)cc3)o2)cc1. The van der Waals surface area contributed by atoms with Gasteiger partial charge in [0, 0.05) is 17.1 Å². The van der Waals surface area contributed by atoms with E-state index in [4.69, 9.17) is 21.1 Å². The van der Waals surface area contributed by atoms with Crippen LogP contribution in [0, 0.1) is 0 Å². The Morgan fingerprint density at radius 3 is 2.47 bits per heavy atom. The molecule has 0 bridgehead atoms. The summed E-state index contributed by atoms with van der Waals surface area (Å²) in [6, 6.07) is 14.4. The van der Waals surface area contributed by atoms with Crippen LogP contribution in [0.4, 0.5) is 0 Å². The number of amides is 1. The first kappa shape index (κ1) is 23.7. The van der Waals surface area contributed by atoms with Crippen LogP contribution in [0.15, 0.2) is 75.1 Å². The molecule has 1 aliphatic heterocycles. The van der Waals surface area contributed by atoms with Crippen LogP contribution in [0.2, 0.25) is 5.02 Å². The van der Waals surface area contributed by atoms with Crippen LogP contribution in [0.25, 0.3) is 11.3 Å². The first-order valence-electron chi connectivity index (χ1n) is 10.3. The van der Waals surface area contributed by atoms with Crippen molar-refractivity contribution in [1.82, 2.24) is 9.73 Å². The van der Waals surface area contributed by atoms with E-state index in [1.54, 1.807) is 24.3 Å². The molecule has 0 radical (unpaired) electrons. The summed E-state index contributed by atoms with van der Waals surface area (Å²) >= 11 is 5.84. The number of nitrogens with zero attached hydrogens (tertiary/aromatic N) is 2. The predicted molar refractivity (Wildman–Crippen MR) is 125 cm³/mol. The number of furan rings is 1. The van der Waals surface area contributed by atoms with Crippen LogP contribution in [0.3, 0.4) is 0 Å². The van der Waals surface area contributed by atoms with Gasteiger partial charge in [-0.15, -0.1) is 0 Å². The maximum Gasteiger partial charge on any atom is 0.335 e. The van der Waals surface area contributed by atoms with E-state index in [0.717, 1.165) is 0 Å². The van der Waals surface area contributed by atoms with E-state index >= 15 is 0 Å². The third-order valence-electron chi connectivity index (χ3n) is 5.34. The molecule has 4 rings (SSSR count). The molecule has 2 N–H and O–H groups in total. The molecule has 1 aromatic heterocycles. The Morgan fingerprint density at radius 1 is 1.09 bits per heavy atom. The molecule has 34 heavy (non-hydrogen) atoms. The van der Waals surface area contributed by atoms with Gasteiger partial charge in [0.05, 0.1) is 16.7 Å². The van der Waals surface area contributed by atoms with Crippen molar-refractivity contribution in [2.45, 2.75) is 23.8 Å². The van der Waals surface area contributed by atoms with Gasteiger partial charge >= 0.3 is 5.97 Å². The van der Waals surface area contributed by atoms with E-state index in [1.165, 1.54) is 46.9 Å². The molecule has 2 aromatic carbocycles. The molecule has 1 unspecified atom stereocenters. The first-order valence-corrected chi connectivity index (χ1v) is 12.1. The van der Waals surface area contributed by atoms with Gasteiger partial charge in [0.15, 0.2) is 0 Å². The summed E-state index contributed by atoms with van der Waals surface area (Å²) in [5.74, 6) is -0.700. The van der Waals surface area contributed by atoms with Gasteiger partial charge in [0.1, 0.15) is 17.6 Å². The number of aromatic carboxylic acids is 1. The second-order valence-electron chi connectivity index (χ2n) is 7.55. The predicted octanol–water partition coefficient (Wildman–Crippen LogP) is 3.60. The van der Waals surface area contributed by atoms with Crippen molar-refractivity contribution in [3.63, 3.8) is 0 Å². The van der Waals surface area contributed by atoms with Crippen molar-refractivity contribution in [1.29, 1.82) is 0 Å². The maximum atomic E-state index is 13.0. The Morgan fingerprint density at radius 2 is 1.79 bits per heavy atom. The zero-order valence-corrected chi connectivity index (χ0v) is 19.3. The molecule has 3 aromatic rings. The van der Waals surface area contributed by atoms with Crippen LogP contribution in [0.5, 0.6) is 0 Å². The van der Waals surface area contributed by atoms with Gasteiger partial charge in [-0.3, -0.25) is 4.79 Å². The zero-order chi connectivity index (χ0) is 24.3. The van der Waals surface area contributed by atoms with E-state index in [-0.39, 0.29) is 17.0 Å². The summed E-state index contributed by atoms with van der Waals surface area (Å²) in [4.78, 5) is 23.7. The molecule has 9 nitrogen and oxygen atoms in total. The zero-order valence-electron chi connectivity index (χ0n) is 17.7. The van der Waals surface area contributed by atoms with E-state index in [2.05, 4.69) is 10.5 Å². The molecule has 1 fully saturated rings. The fourth-order valence-corrected chi connectivity index (χ4v) is 5.40. The molecule has 0 spiro atoms. The van der Waals surface area contributed by atoms with Crippen molar-refractivity contribution in [2.75, 3.05) is 6.54 Å². The highest BCUT2D eigenvalue weighted by Crippen LogP contribution is 2.27. The van der Waals surface area contributed by atoms with Crippen LogP contribution in [0.1, 0.15) is 29.0 Å². The van der Waals surface area contributed by atoms with Gasteiger partial charge < -0.3 is 9.52 Å². The van der Waals surface area contributed by atoms with Gasteiger partial charge in [0.2, 0.25) is 10.0 Å². The van der Waals surface area contributed by atoms with Crippen molar-refractivity contribution >= 4 is 39.7 Å². The number of rotatable bonds is 7. The van der Waals surface area contributed by atoms with Gasteiger partial charge in [-0.2, -0.15) is 9.41 Å². The highest BCUT2D eigenvalue weighted by Gasteiger charge is 2.39. The van der Waals surface area contributed by atoms with E-state index in [1.807, 2.05) is 0 Å². The monoisotopic (exact) mass is 501 g/mol. The fraction of sp³-hybridized carbons (Fsp3) is 0.174. The number of sulfonamides is 1. The Balaban J connectivity index is 1.41. The number of carboxylic acid groups (broad SMARTS) is 1. The average Bonchev–Trinajstić information content (AvgIpc) is 3.50. The Bertz CT molecular complexity index is 1330. The van der Waals surface area contributed by atoms with Crippen LogP contribution >= 0.6 is 11.6 Å². The molecule has 0 aliphatic carbocycles. The number of nitrogens with one attached hydrogen (secondary N) is 1. The molecule has 11 heteroatoms. The third-order valence-corrected chi connectivity index (χ3v) is 7.51. The van der Waals surface area contributed by atoms with Crippen molar-refractivity contribution in [2.24, 2.45) is 5.10 Å². The van der Waals surface area contributed by atoms with Gasteiger partial charge in [-0.05, 0) is 61.4 Å². The summed E-state index contributed by atoms with van der Waals surface area (Å²) in [5.41, 5.74) is 3.23. The number of carbonyl (C=O) groups is 2. The smallest absolute Gasteiger partial charge is 0.335 e. The minimum atomic E-state index is -3.86. The Labute approximate surface area is 200 Å². The molecule has 1 atom stereocenters. The molecule has 176 valence electrons. The standard InChI is InChI=1S/C23H20ClN3O6S/c24-17-7-10-19(11-8-17)34(31,32)27-13-1-2-20(27)22(28)26-25-14-18-9-12-21(33-18)15-3-5-16(6-4-15)23(29)30/h3-12,14,20H,1-2,13H2,(H,26,28)(H,29,30)/b25-14+. The lowest BCUT2D eigenvalue weighted by Crippen LogP contribution is -2.44. The highest BCUT2D eigenvalue weighted by atomic mass is 35.5. The summed E-state index contributed by atoms with van der Waals surface area (Å²) in [7, 11) is -3.86. The lowest BCUT2D eigenvalue weighted by Gasteiger charge is -2.22. The number of carbonyl (C=O) groups excluding carboxylic acids is 1. The summed E-state index contributed by atoms with van der Waals surface area (Å²) in [5, 5.41) is 13.3. The maximum absolute atomic E-state index is 13.0. The molecule has 1 aliphatic rings.